The summed E-state index contributed by atoms with van der Waals surface area (Å²) in [7, 11) is 0. The summed E-state index contributed by atoms with van der Waals surface area (Å²) in [5.74, 6) is 0.967. The number of aryl methyl sites for hydroxylation is 1. The number of carbonyl (C=O) groups excluding carboxylic acids is 1. The summed E-state index contributed by atoms with van der Waals surface area (Å²) in [6, 6.07) is 13.1. The third kappa shape index (κ3) is 3.24. The summed E-state index contributed by atoms with van der Waals surface area (Å²) >= 11 is 5.95. The van der Waals surface area contributed by atoms with E-state index in [1.54, 1.807) is 17.6 Å². The van der Waals surface area contributed by atoms with E-state index in [2.05, 4.69) is 0 Å². The van der Waals surface area contributed by atoms with Gasteiger partial charge in [-0.1, -0.05) is 23.7 Å². The highest BCUT2D eigenvalue weighted by molar-refractivity contribution is 6.30. The lowest BCUT2D eigenvalue weighted by Crippen LogP contribution is -2.31. The van der Waals surface area contributed by atoms with Crippen molar-refractivity contribution in [2.24, 2.45) is 5.92 Å². The fourth-order valence-corrected chi connectivity index (χ4v) is 2.96. The minimum absolute atomic E-state index is 0.169. The highest BCUT2D eigenvalue weighted by atomic mass is 35.5. The van der Waals surface area contributed by atoms with Crippen molar-refractivity contribution in [2.75, 3.05) is 0 Å². The molecule has 1 aliphatic rings. The van der Waals surface area contributed by atoms with Gasteiger partial charge < -0.3 is 4.74 Å². The maximum absolute atomic E-state index is 11.5. The van der Waals surface area contributed by atoms with Gasteiger partial charge in [-0.3, -0.25) is 10.0 Å². The number of amides is 1. The van der Waals surface area contributed by atoms with Crippen LogP contribution in [0.1, 0.15) is 17.5 Å². The molecular weight excluding hydrogens is 302 g/mol. The van der Waals surface area contributed by atoms with Crippen LogP contribution in [0.5, 0.6) is 11.5 Å². The highest BCUT2D eigenvalue weighted by Crippen LogP contribution is 2.31. The molecule has 22 heavy (non-hydrogen) atoms. The van der Waals surface area contributed by atoms with E-state index in [4.69, 9.17) is 21.5 Å². The van der Waals surface area contributed by atoms with Gasteiger partial charge in [-0.2, -0.15) is 0 Å². The molecule has 1 unspecified atom stereocenters. The number of fused-ring (bicyclic) bond motifs is 1. The standard InChI is InChI=1S/C17H16ClNO3/c18-14-2-1-3-15(10-14)22-16-7-6-11-8-13(17(20)19-21)5-4-12(11)9-16/h1-3,6-7,9-10,13,21H,4-5,8H2,(H,19,20). The van der Waals surface area contributed by atoms with E-state index in [-0.39, 0.29) is 11.8 Å². The zero-order chi connectivity index (χ0) is 15.5. The summed E-state index contributed by atoms with van der Waals surface area (Å²) in [5.41, 5.74) is 4.04. The Morgan fingerprint density at radius 1 is 1.18 bits per heavy atom. The number of ether oxygens (including phenoxy) is 1. The van der Waals surface area contributed by atoms with Gasteiger partial charge in [-0.15, -0.1) is 0 Å². The minimum atomic E-state index is -0.315. The second-order valence-electron chi connectivity index (χ2n) is 5.41. The van der Waals surface area contributed by atoms with Crippen molar-refractivity contribution in [3.63, 3.8) is 0 Å². The van der Waals surface area contributed by atoms with Gasteiger partial charge >= 0.3 is 0 Å². The first-order chi connectivity index (χ1) is 10.7. The Bertz CT molecular complexity index is 702. The normalized spacial score (nSPS) is 16.7. The molecule has 1 aliphatic carbocycles. The third-order valence-corrected chi connectivity index (χ3v) is 4.15. The van der Waals surface area contributed by atoms with E-state index in [0.717, 1.165) is 24.2 Å². The molecule has 2 aromatic rings. The lowest BCUT2D eigenvalue weighted by atomic mass is 9.83. The first-order valence-corrected chi connectivity index (χ1v) is 7.52. The second kappa shape index (κ2) is 6.38. The Morgan fingerprint density at radius 2 is 2.00 bits per heavy atom. The summed E-state index contributed by atoms with van der Waals surface area (Å²) in [5, 5.41) is 9.37. The van der Waals surface area contributed by atoms with Crippen LogP contribution < -0.4 is 10.2 Å². The van der Waals surface area contributed by atoms with Crippen molar-refractivity contribution in [2.45, 2.75) is 19.3 Å². The average molecular weight is 318 g/mol. The number of rotatable bonds is 3. The number of carbonyl (C=O) groups is 1. The summed E-state index contributed by atoms with van der Waals surface area (Å²) in [6.07, 6.45) is 2.15. The van der Waals surface area contributed by atoms with Crippen LogP contribution in [0.2, 0.25) is 5.02 Å². The zero-order valence-electron chi connectivity index (χ0n) is 11.9. The van der Waals surface area contributed by atoms with Crippen molar-refractivity contribution in [1.82, 2.24) is 5.48 Å². The predicted molar refractivity (Wildman–Crippen MR) is 83.4 cm³/mol. The third-order valence-electron chi connectivity index (χ3n) is 3.92. The molecular formula is C17H16ClNO3. The average Bonchev–Trinajstić information content (AvgIpc) is 2.53. The molecule has 0 heterocycles. The van der Waals surface area contributed by atoms with Crippen LogP contribution in [-0.2, 0) is 17.6 Å². The Labute approximate surface area is 133 Å². The zero-order valence-corrected chi connectivity index (χ0v) is 12.6. The molecule has 0 saturated carbocycles. The number of halogens is 1. The summed E-state index contributed by atoms with van der Waals surface area (Å²) < 4.78 is 5.82. The molecule has 0 radical (unpaired) electrons. The minimum Gasteiger partial charge on any atom is -0.457 e. The number of hydrogen-bond donors (Lipinski definition) is 2. The molecule has 5 heteroatoms. The molecule has 0 aromatic heterocycles. The molecule has 0 aliphatic heterocycles. The topological polar surface area (TPSA) is 58.6 Å². The molecule has 0 saturated heterocycles. The largest absolute Gasteiger partial charge is 0.457 e. The highest BCUT2D eigenvalue weighted by Gasteiger charge is 2.24. The lowest BCUT2D eigenvalue weighted by molar-refractivity contribution is -0.133. The monoisotopic (exact) mass is 317 g/mol. The Balaban J connectivity index is 1.76. The first kappa shape index (κ1) is 14.9. The Kier molecular flexibility index (Phi) is 4.32. The maximum atomic E-state index is 11.5. The Hall–Kier alpha value is -2.04. The fourth-order valence-electron chi connectivity index (χ4n) is 2.78. The van der Waals surface area contributed by atoms with Crippen LogP contribution in [0, 0.1) is 5.92 Å². The van der Waals surface area contributed by atoms with Gasteiger partial charge in [0.25, 0.3) is 0 Å². The number of hydrogen-bond acceptors (Lipinski definition) is 3. The molecule has 0 bridgehead atoms. The van der Waals surface area contributed by atoms with E-state index in [9.17, 15) is 4.79 Å². The van der Waals surface area contributed by atoms with E-state index >= 15 is 0 Å². The fraction of sp³-hybridized carbons (Fsp3) is 0.235. The maximum Gasteiger partial charge on any atom is 0.246 e. The molecule has 0 fully saturated rings. The van der Waals surface area contributed by atoms with Crippen LogP contribution in [0.3, 0.4) is 0 Å². The molecule has 1 amide bonds. The number of nitrogens with one attached hydrogen (secondary N) is 1. The van der Waals surface area contributed by atoms with Gasteiger partial charge in [0.1, 0.15) is 11.5 Å². The predicted octanol–water partition coefficient (Wildman–Crippen LogP) is 3.74. The summed E-state index contributed by atoms with van der Waals surface area (Å²) in [4.78, 5) is 11.5. The van der Waals surface area contributed by atoms with Crippen molar-refractivity contribution in [1.29, 1.82) is 0 Å². The quantitative estimate of drug-likeness (QED) is 0.669. The van der Waals surface area contributed by atoms with Crippen LogP contribution in [0.25, 0.3) is 0 Å². The van der Waals surface area contributed by atoms with E-state index < -0.39 is 0 Å². The van der Waals surface area contributed by atoms with Gasteiger partial charge in [-0.25, -0.2) is 5.48 Å². The van der Waals surface area contributed by atoms with Crippen molar-refractivity contribution >= 4 is 17.5 Å². The number of hydroxylamine groups is 1. The van der Waals surface area contributed by atoms with Crippen LogP contribution in [0.15, 0.2) is 42.5 Å². The van der Waals surface area contributed by atoms with E-state index in [1.807, 2.05) is 30.3 Å². The first-order valence-electron chi connectivity index (χ1n) is 7.15. The molecule has 2 N–H and O–H groups in total. The number of benzene rings is 2. The van der Waals surface area contributed by atoms with E-state index in [1.165, 1.54) is 5.56 Å². The van der Waals surface area contributed by atoms with Gasteiger partial charge in [0, 0.05) is 10.9 Å². The molecule has 114 valence electrons. The smallest absolute Gasteiger partial charge is 0.246 e. The van der Waals surface area contributed by atoms with Gasteiger partial charge in [0.15, 0.2) is 0 Å². The van der Waals surface area contributed by atoms with Gasteiger partial charge in [-0.05, 0) is 60.7 Å². The van der Waals surface area contributed by atoms with Crippen molar-refractivity contribution in [3.8, 4) is 11.5 Å². The van der Waals surface area contributed by atoms with Crippen LogP contribution in [-0.4, -0.2) is 11.1 Å². The molecule has 2 aromatic carbocycles. The van der Waals surface area contributed by atoms with Crippen molar-refractivity contribution in [3.05, 3.63) is 58.6 Å². The van der Waals surface area contributed by atoms with Crippen molar-refractivity contribution < 1.29 is 14.7 Å². The molecule has 3 rings (SSSR count). The molecule has 4 nitrogen and oxygen atoms in total. The van der Waals surface area contributed by atoms with Gasteiger partial charge in [0.05, 0.1) is 0 Å². The lowest BCUT2D eigenvalue weighted by Gasteiger charge is -2.23. The summed E-state index contributed by atoms with van der Waals surface area (Å²) in [6.45, 7) is 0. The SMILES string of the molecule is O=C(NO)C1CCc2cc(Oc3cccc(Cl)c3)ccc2C1. The van der Waals surface area contributed by atoms with Gasteiger partial charge in [0.2, 0.25) is 5.91 Å². The second-order valence-corrected chi connectivity index (χ2v) is 5.84. The van der Waals surface area contributed by atoms with Crippen LogP contribution >= 0.6 is 11.6 Å². The van der Waals surface area contributed by atoms with E-state index in [0.29, 0.717) is 17.2 Å². The molecule has 1 atom stereocenters. The van der Waals surface area contributed by atoms with Crippen LogP contribution in [0.4, 0.5) is 0 Å². The Morgan fingerprint density at radius 3 is 2.77 bits per heavy atom. The molecule has 0 spiro atoms.